The number of nitrogens with zero attached hydrogens (tertiary/aromatic N) is 1. The highest BCUT2D eigenvalue weighted by atomic mass is 19.1. The first-order chi connectivity index (χ1) is 9.61. The van der Waals surface area contributed by atoms with Gasteiger partial charge in [0.05, 0.1) is 12.2 Å². The van der Waals surface area contributed by atoms with Crippen LogP contribution in [-0.2, 0) is 0 Å². The van der Waals surface area contributed by atoms with E-state index in [2.05, 4.69) is 5.32 Å². The maximum absolute atomic E-state index is 13.9. The van der Waals surface area contributed by atoms with Gasteiger partial charge in [0.25, 0.3) is 0 Å². The van der Waals surface area contributed by atoms with Gasteiger partial charge < -0.3 is 15.5 Å². The minimum Gasteiger partial charge on any atom is -0.389 e. The van der Waals surface area contributed by atoms with E-state index in [9.17, 15) is 14.6 Å². The minimum absolute atomic E-state index is 0.0453. The van der Waals surface area contributed by atoms with Gasteiger partial charge in [-0.3, -0.25) is 4.90 Å². The van der Waals surface area contributed by atoms with Gasteiger partial charge in [-0.2, -0.15) is 0 Å². The summed E-state index contributed by atoms with van der Waals surface area (Å²) >= 11 is 0. The maximum Gasteiger partial charge on any atom is 0.127 e. The molecule has 1 saturated heterocycles. The predicted molar refractivity (Wildman–Crippen MR) is 75.9 cm³/mol. The summed E-state index contributed by atoms with van der Waals surface area (Å²) < 4.78 is 13.9. The van der Waals surface area contributed by atoms with E-state index in [4.69, 9.17) is 0 Å². The zero-order valence-electron chi connectivity index (χ0n) is 11.8. The molecule has 0 bridgehead atoms. The fourth-order valence-corrected chi connectivity index (χ4v) is 2.71. The Balaban J connectivity index is 1.95. The first-order valence-electron chi connectivity index (χ1n) is 7.18. The fraction of sp³-hybridized carbons (Fsp3) is 0.600. The summed E-state index contributed by atoms with van der Waals surface area (Å²) in [6, 6.07) is 6.76. The first-order valence-corrected chi connectivity index (χ1v) is 7.18. The minimum atomic E-state index is -0.666. The van der Waals surface area contributed by atoms with E-state index < -0.39 is 12.2 Å². The average Bonchev–Trinajstić information content (AvgIpc) is 2.75. The van der Waals surface area contributed by atoms with Crippen LogP contribution in [0.2, 0.25) is 0 Å². The second kappa shape index (κ2) is 7.13. The van der Waals surface area contributed by atoms with Crippen molar-refractivity contribution in [3.63, 3.8) is 0 Å². The molecule has 1 aliphatic heterocycles. The van der Waals surface area contributed by atoms with Gasteiger partial charge in [-0.05, 0) is 19.0 Å². The summed E-state index contributed by atoms with van der Waals surface area (Å²) in [4.78, 5) is 2.01. The van der Waals surface area contributed by atoms with Gasteiger partial charge in [0, 0.05) is 31.2 Å². The highest BCUT2D eigenvalue weighted by molar-refractivity contribution is 5.21. The van der Waals surface area contributed by atoms with Crippen molar-refractivity contribution >= 4 is 0 Å². The van der Waals surface area contributed by atoms with Crippen molar-refractivity contribution in [2.75, 3.05) is 26.2 Å². The topological polar surface area (TPSA) is 55.7 Å². The lowest BCUT2D eigenvalue weighted by atomic mass is 10.0. The van der Waals surface area contributed by atoms with E-state index in [1.54, 1.807) is 12.1 Å². The first kappa shape index (κ1) is 15.4. The highest BCUT2D eigenvalue weighted by Crippen LogP contribution is 2.21. The molecular formula is C15H23FN2O2. The third kappa shape index (κ3) is 3.76. The number of aliphatic hydroxyl groups excluding tert-OH is 2. The molecule has 0 radical (unpaired) electrons. The van der Waals surface area contributed by atoms with Crippen LogP contribution in [-0.4, -0.2) is 53.5 Å². The van der Waals surface area contributed by atoms with E-state index in [0.29, 0.717) is 18.7 Å². The second-order valence-electron chi connectivity index (χ2n) is 5.31. The summed E-state index contributed by atoms with van der Waals surface area (Å²) in [7, 11) is 0. The SMILES string of the molecule is CCNC(CCN1CC(O)C(O)C1)c1ccccc1F. The van der Waals surface area contributed by atoms with Crippen molar-refractivity contribution in [1.82, 2.24) is 10.2 Å². The molecule has 20 heavy (non-hydrogen) atoms. The number of nitrogens with one attached hydrogen (secondary N) is 1. The molecule has 3 N–H and O–H groups in total. The Hall–Kier alpha value is -1.01. The van der Waals surface area contributed by atoms with Gasteiger partial charge in [-0.1, -0.05) is 25.1 Å². The molecule has 1 aromatic carbocycles. The molecule has 0 spiro atoms. The Labute approximate surface area is 119 Å². The molecule has 0 aromatic heterocycles. The molecule has 0 aliphatic carbocycles. The molecule has 2 rings (SSSR count). The van der Waals surface area contributed by atoms with Crippen LogP contribution in [0.15, 0.2) is 24.3 Å². The number of likely N-dealkylation sites (tertiary alicyclic amines) is 1. The quantitative estimate of drug-likeness (QED) is 0.726. The molecule has 1 fully saturated rings. The highest BCUT2D eigenvalue weighted by Gasteiger charge is 2.29. The number of β-amino-alcohol motifs (C(OH)–C–C–N with tert-alkyl or cyclic N) is 2. The van der Waals surface area contributed by atoms with Crippen molar-refractivity contribution in [2.24, 2.45) is 0 Å². The largest absolute Gasteiger partial charge is 0.389 e. The van der Waals surface area contributed by atoms with Gasteiger partial charge in [-0.15, -0.1) is 0 Å². The molecule has 3 atom stereocenters. The fourth-order valence-electron chi connectivity index (χ4n) is 2.71. The van der Waals surface area contributed by atoms with Crippen LogP contribution in [0.25, 0.3) is 0 Å². The predicted octanol–water partition coefficient (Wildman–Crippen LogP) is 0.904. The molecular weight excluding hydrogens is 259 g/mol. The smallest absolute Gasteiger partial charge is 0.127 e. The zero-order valence-corrected chi connectivity index (χ0v) is 11.8. The molecule has 112 valence electrons. The molecule has 4 nitrogen and oxygen atoms in total. The van der Waals surface area contributed by atoms with E-state index in [1.807, 2.05) is 17.9 Å². The van der Waals surface area contributed by atoms with Crippen molar-refractivity contribution in [3.8, 4) is 0 Å². The van der Waals surface area contributed by atoms with Crippen LogP contribution in [0.4, 0.5) is 4.39 Å². The van der Waals surface area contributed by atoms with Crippen LogP contribution in [0, 0.1) is 5.82 Å². The van der Waals surface area contributed by atoms with Gasteiger partial charge in [0.1, 0.15) is 5.82 Å². The Morgan fingerprint density at radius 3 is 2.55 bits per heavy atom. The Kier molecular flexibility index (Phi) is 5.48. The number of halogens is 1. The number of hydrogen-bond donors (Lipinski definition) is 3. The van der Waals surface area contributed by atoms with Crippen molar-refractivity contribution in [2.45, 2.75) is 31.6 Å². The van der Waals surface area contributed by atoms with Gasteiger partial charge in [0.2, 0.25) is 0 Å². The molecule has 5 heteroatoms. The lowest BCUT2D eigenvalue weighted by molar-refractivity contribution is 0.0572. The molecule has 1 aromatic rings. The number of benzene rings is 1. The van der Waals surface area contributed by atoms with E-state index in [-0.39, 0.29) is 11.9 Å². The number of rotatable bonds is 6. The average molecular weight is 282 g/mol. The normalized spacial score (nSPS) is 25.0. The standard InChI is InChI=1S/C15H23FN2O2/c1-2-17-13(11-5-3-4-6-12(11)16)7-8-18-9-14(19)15(20)10-18/h3-6,13-15,17,19-20H,2,7-10H2,1H3. The Morgan fingerprint density at radius 1 is 1.30 bits per heavy atom. The van der Waals surface area contributed by atoms with Gasteiger partial charge in [-0.25, -0.2) is 4.39 Å². The maximum atomic E-state index is 13.9. The van der Waals surface area contributed by atoms with Gasteiger partial charge in [0.15, 0.2) is 0 Å². The van der Waals surface area contributed by atoms with E-state index >= 15 is 0 Å². The summed E-state index contributed by atoms with van der Waals surface area (Å²) in [6.07, 6.45) is -0.587. The van der Waals surface area contributed by atoms with Crippen LogP contribution in [0.5, 0.6) is 0 Å². The Morgan fingerprint density at radius 2 is 1.95 bits per heavy atom. The molecule has 1 heterocycles. The monoisotopic (exact) mass is 282 g/mol. The molecule has 3 unspecified atom stereocenters. The Bertz CT molecular complexity index is 420. The zero-order chi connectivity index (χ0) is 14.5. The van der Waals surface area contributed by atoms with Crippen LogP contribution < -0.4 is 5.32 Å². The van der Waals surface area contributed by atoms with Gasteiger partial charge >= 0.3 is 0 Å². The second-order valence-corrected chi connectivity index (χ2v) is 5.31. The van der Waals surface area contributed by atoms with Crippen LogP contribution in [0.3, 0.4) is 0 Å². The summed E-state index contributed by atoms with van der Waals surface area (Å²) in [5.74, 6) is -0.194. The molecule has 1 aliphatic rings. The van der Waals surface area contributed by atoms with Crippen molar-refractivity contribution in [1.29, 1.82) is 0 Å². The van der Waals surface area contributed by atoms with Crippen LogP contribution in [0.1, 0.15) is 24.9 Å². The summed E-state index contributed by atoms with van der Waals surface area (Å²) in [5, 5.41) is 22.4. The van der Waals surface area contributed by atoms with Crippen molar-refractivity contribution < 1.29 is 14.6 Å². The third-order valence-electron chi connectivity index (χ3n) is 3.80. The summed E-state index contributed by atoms with van der Waals surface area (Å²) in [6.45, 7) is 4.45. The lowest BCUT2D eigenvalue weighted by Gasteiger charge is -2.22. The van der Waals surface area contributed by atoms with E-state index in [1.165, 1.54) is 6.07 Å². The number of hydrogen-bond acceptors (Lipinski definition) is 4. The number of aliphatic hydroxyl groups is 2. The van der Waals surface area contributed by atoms with E-state index in [0.717, 1.165) is 19.5 Å². The summed E-state index contributed by atoms with van der Waals surface area (Å²) in [5.41, 5.74) is 0.676. The van der Waals surface area contributed by atoms with Crippen molar-refractivity contribution in [3.05, 3.63) is 35.6 Å². The lowest BCUT2D eigenvalue weighted by Crippen LogP contribution is -2.29. The third-order valence-corrected chi connectivity index (χ3v) is 3.80. The van der Waals surface area contributed by atoms with Crippen LogP contribution >= 0.6 is 0 Å². The molecule has 0 amide bonds. The molecule has 0 saturated carbocycles.